The number of anilines is 1. The molecule has 0 amide bonds. The van der Waals surface area contributed by atoms with Gasteiger partial charge in [-0.05, 0) is 95.0 Å². The van der Waals surface area contributed by atoms with Crippen LogP contribution in [0.5, 0.6) is 6.01 Å². The van der Waals surface area contributed by atoms with Crippen LogP contribution in [-0.4, -0.2) is 76.7 Å². The smallest absolute Gasteiger partial charge is 0.319 e. The number of nitrogens with zero attached hydrogens (tertiary/aromatic N) is 5. The van der Waals surface area contributed by atoms with Gasteiger partial charge in [0.15, 0.2) is 5.82 Å². The van der Waals surface area contributed by atoms with E-state index in [1.807, 2.05) is 39.0 Å². The number of likely N-dealkylation sites (tertiary alicyclic amines) is 1. The van der Waals surface area contributed by atoms with Crippen molar-refractivity contribution in [2.75, 3.05) is 38.4 Å². The number of rotatable bonds is 14. The van der Waals surface area contributed by atoms with Crippen LogP contribution < -0.4 is 9.64 Å². The van der Waals surface area contributed by atoms with Gasteiger partial charge in [-0.15, -0.1) is 0 Å². The van der Waals surface area contributed by atoms with Crippen molar-refractivity contribution in [1.82, 2.24) is 19.9 Å². The number of hydrogen-bond acceptors (Lipinski definition) is 8. The molecule has 50 heavy (non-hydrogen) atoms. The summed E-state index contributed by atoms with van der Waals surface area (Å²) in [5.41, 5.74) is 2.56. The number of pyridine rings is 1. The van der Waals surface area contributed by atoms with E-state index in [0.29, 0.717) is 65.7 Å². The summed E-state index contributed by atoms with van der Waals surface area (Å²) in [5.74, 6) is -0.587. The fraction of sp³-hybridized carbons (Fsp3) is 0.575. The fourth-order valence-corrected chi connectivity index (χ4v) is 8.45. The number of methoxy groups -OCH3 is 1. The zero-order valence-electron chi connectivity index (χ0n) is 30.4. The number of hydrogen-bond donors (Lipinski definition) is 1. The molecule has 0 spiro atoms. The van der Waals surface area contributed by atoms with E-state index in [0.717, 1.165) is 69.9 Å². The first-order valence-electron chi connectivity index (χ1n) is 18.5. The van der Waals surface area contributed by atoms with Gasteiger partial charge < -0.3 is 19.5 Å². The molecule has 2 saturated carbocycles. The summed E-state index contributed by atoms with van der Waals surface area (Å²) in [5, 5.41) is 10.9. The summed E-state index contributed by atoms with van der Waals surface area (Å²) in [4.78, 5) is 18.6. The average Bonchev–Trinajstić information content (AvgIpc) is 3.55. The lowest BCUT2D eigenvalue weighted by atomic mass is 9.73. The topological polar surface area (TPSA) is 83.8 Å². The Balaban J connectivity index is 1.42. The highest BCUT2D eigenvalue weighted by Crippen LogP contribution is 2.50. The fourth-order valence-electron chi connectivity index (χ4n) is 8.45. The van der Waals surface area contributed by atoms with Gasteiger partial charge in [0.25, 0.3) is 0 Å². The number of unbranched alkanes of at least 4 members (excludes halogenated alkanes) is 1. The number of halogens is 2. The highest BCUT2D eigenvalue weighted by Gasteiger charge is 2.51. The number of aromatic nitrogens is 3. The second-order valence-electron chi connectivity index (χ2n) is 14.4. The third-order valence-corrected chi connectivity index (χ3v) is 11.5. The van der Waals surface area contributed by atoms with Crippen LogP contribution in [0.25, 0.3) is 16.5 Å². The molecule has 2 unspecified atom stereocenters. The van der Waals surface area contributed by atoms with Gasteiger partial charge in [0.2, 0.25) is 0 Å². The van der Waals surface area contributed by atoms with Gasteiger partial charge in [0.1, 0.15) is 29.6 Å². The van der Waals surface area contributed by atoms with E-state index in [-0.39, 0.29) is 35.2 Å². The maximum Gasteiger partial charge on any atom is 0.319 e. The van der Waals surface area contributed by atoms with Gasteiger partial charge in [-0.3, -0.25) is 9.88 Å². The highest BCUT2D eigenvalue weighted by atomic mass is 19.1. The summed E-state index contributed by atoms with van der Waals surface area (Å²) >= 11 is 0. The molecule has 0 radical (unpaired) electrons. The second kappa shape index (κ2) is 15.8. The Morgan fingerprint density at radius 3 is 2.68 bits per heavy atom. The maximum absolute atomic E-state index is 17.1. The molecule has 3 aromatic rings. The van der Waals surface area contributed by atoms with Gasteiger partial charge in [-0.25, -0.2) is 8.78 Å². The van der Waals surface area contributed by atoms with Crippen LogP contribution in [-0.2, 0) is 11.2 Å². The molecule has 8 nitrogen and oxygen atoms in total. The van der Waals surface area contributed by atoms with Crippen molar-refractivity contribution in [3.05, 3.63) is 70.6 Å². The number of piperidine rings is 1. The highest BCUT2D eigenvalue weighted by molar-refractivity contribution is 5.93. The van der Waals surface area contributed by atoms with E-state index in [1.54, 1.807) is 24.3 Å². The molecule has 1 N–H and O–H groups in total. The van der Waals surface area contributed by atoms with Crippen molar-refractivity contribution in [1.29, 1.82) is 0 Å². The Morgan fingerprint density at radius 2 is 1.96 bits per heavy atom. The van der Waals surface area contributed by atoms with Crippen molar-refractivity contribution in [3.8, 4) is 6.01 Å². The number of aliphatic hydroxyl groups is 1. The molecule has 2 aromatic heterocycles. The molecule has 270 valence electrons. The second-order valence-corrected chi connectivity index (χ2v) is 14.4. The van der Waals surface area contributed by atoms with E-state index in [4.69, 9.17) is 19.4 Å². The average molecular weight is 690 g/mol. The Kier molecular flexibility index (Phi) is 11.5. The Labute approximate surface area is 295 Å². The summed E-state index contributed by atoms with van der Waals surface area (Å²) in [7, 11) is 1.80. The van der Waals surface area contributed by atoms with E-state index in [9.17, 15) is 5.11 Å². The lowest BCUT2D eigenvalue weighted by Gasteiger charge is -2.53. The molecule has 0 bridgehead atoms. The molecule has 2 atom stereocenters. The maximum atomic E-state index is 17.1. The van der Waals surface area contributed by atoms with Crippen molar-refractivity contribution >= 4 is 22.3 Å². The number of fused-ring (bicyclic) bond motifs is 2. The van der Waals surface area contributed by atoms with Gasteiger partial charge in [0.05, 0.1) is 18.1 Å². The van der Waals surface area contributed by atoms with Crippen LogP contribution in [0.4, 0.5) is 14.6 Å². The standard InChI is InChI=1S/C40H53F2N5O3/c1-6-9-18-46(25-48)38-32-23-43-36(31(20-26(4)7-2)30-13-10-14-33(41)29(30)8-3)35(42)37(32)44-39(45-38)50-24-40-16-11-15-34(40)47(19-12-17-40)27-21-28(22-27)49-5/h7,10,13-14,20,23,27-28,34,48H,6,8-9,11-12,15-19,21-22,24-25H2,1-5H3/b26-7-,31-20+. The molecule has 1 aromatic carbocycles. The quantitative estimate of drug-likeness (QED) is 0.135. The van der Waals surface area contributed by atoms with Crippen molar-refractivity contribution in [2.24, 2.45) is 5.41 Å². The molecular formula is C40H53F2N5O3. The van der Waals surface area contributed by atoms with E-state index < -0.39 is 5.82 Å². The molecule has 3 heterocycles. The zero-order valence-corrected chi connectivity index (χ0v) is 30.4. The monoisotopic (exact) mass is 689 g/mol. The minimum absolute atomic E-state index is 0.0242. The SMILES string of the molecule is C/C=C(C)\C=C(/c1cccc(F)c1CC)c1ncc2c(N(CO)CCCC)nc(OCC34CCCC3N(C3CC(OC)C3)CCC4)nc2c1F. The van der Waals surface area contributed by atoms with Gasteiger partial charge in [-0.1, -0.05) is 50.5 Å². The largest absolute Gasteiger partial charge is 0.463 e. The Bertz CT molecular complexity index is 1720. The third kappa shape index (κ3) is 7.03. The summed E-state index contributed by atoms with van der Waals surface area (Å²) in [6.07, 6.45) is 15.5. The first-order chi connectivity index (χ1) is 24.3. The van der Waals surface area contributed by atoms with Crippen LogP contribution in [0, 0.1) is 17.0 Å². The first kappa shape index (κ1) is 36.3. The minimum atomic E-state index is -0.635. The van der Waals surface area contributed by atoms with Crippen LogP contribution in [0.2, 0.25) is 0 Å². The van der Waals surface area contributed by atoms with E-state index >= 15 is 8.78 Å². The predicted octanol–water partition coefficient (Wildman–Crippen LogP) is 8.01. The van der Waals surface area contributed by atoms with Gasteiger partial charge in [0, 0.05) is 42.9 Å². The molecule has 3 fully saturated rings. The van der Waals surface area contributed by atoms with E-state index in [1.165, 1.54) is 6.07 Å². The molecular weight excluding hydrogens is 636 g/mol. The summed E-state index contributed by atoms with van der Waals surface area (Å²) in [6, 6.07) is 5.94. The van der Waals surface area contributed by atoms with Crippen LogP contribution in [0.3, 0.4) is 0 Å². The lowest BCUT2D eigenvalue weighted by Crippen LogP contribution is -2.59. The van der Waals surface area contributed by atoms with Crippen molar-refractivity contribution < 1.29 is 23.4 Å². The molecule has 2 aliphatic carbocycles. The Morgan fingerprint density at radius 1 is 1.16 bits per heavy atom. The zero-order chi connectivity index (χ0) is 35.4. The first-order valence-corrected chi connectivity index (χ1v) is 18.5. The summed E-state index contributed by atoms with van der Waals surface area (Å²) < 4.78 is 44.3. The predicted molar refractivity (Wildman–Crippen MR) is 194 cm³/mol. The molecule has 10 heteroatoms. The van der Waals surface area contributed by atoms with E-state index in [2.05, 4.69) is 16.8 Å². The molecule has 3 aliphatic rings. The van der Waals surface area contributed by atoms with Crippen LogP contribution in [0.1, 0.15) is 102 Å². The number of aliphatic hydroxyl groups excluding tert-OH is 1. The van der Waals surface area contributed by atoms with Gasteiger partial charge >= 0.3 is 6.01 Å². The normalized spacial score (nSPS) is 24.4. The minimum Gasteiger partial charge on any atom is -0.463 e. The van der Waals surface area contributed by atoms with Crippen molar-refractivity contribution in [3.63, 3.8) is 0 Å². The van der Waals surface area contributed by atoms with Crippen LogP contribution in [0.15, 0.2) is 42.1 Å². The number of benzene rings is 1. The Hall–Kier alpha value is -3.47. The van der Waals surface area contributed by atoms with Crippen LogP contribution >= 0.6 is 0 Å². The van der Waals surface area contributed by atoms with Gasteiger partial charge in [-0.2, -0.15) is 9.97 Å². The third-order valence-electron chi connectivity index (χ3n) is 11.5. The number of allylic oxidation sites excluding steroid dienone is 3. The molecule has 1 aliphatic heterocycles. The van der Waals surface area contributed by atoms with Crippen molar-refractivity contribution in [2.45, 2.75) is 110 Å². The molecule has 1 saturated heterocycles. The number of ether oxygens (including phenoxy) is 2. The summed E-state index contributed by atoms with van der Waals surface area (Å²) in [6.45, 7) is 9.58. The molecule has 6 rings (SSSR count). The lowest BCUT2D eigenvalue weighted by molar-refractivity contribution is -0.0845.